The van der Waals surface area contributed by atoms with Gasteiger partial charge in [-0.05, 0) is 55.0 Å². The summed E-state index contributed by atoms with van der Waals surface area (Å²) in [7, 11) is 1.66. The first-order valence-electron chi connectivity index (χ1n) is 10.9. The van der Waals surface area contributed by atoms with E-state index in [0.29, 0.717) is 12.3 Å². The van der Waals surface area contributed by atoms with E-state index in [1.165, 1.54) is 9.80 Å². The topological polar surface area (TPSA) is 63.5 Å². The number of carbonyl (C=O) groups excluding carboxylic acids is 2. The molecule has 2 heterocycles. The molecule has 7 nitrogen and oxygen atoms in total. The second-order valence-corrected chi connectivity index (χ2v) is 8.01. The first-order chi connectivity index (χ1) is 15.1. The number of carbonyl (C=O) groups is 2. The molecule has 0 aliphatic carbocycles. The lowest BCUT2D eigenvalue weighted by molar-refractivity contribution is -0.915. The van der Waals surface area contributed by atoms with Crippen LogP contribution in [0.15, 0.2) is 48.5 Å². The zero-order chi connectivity index (χ0) is 21.8. The second kappa shape index (κ2) is 9.39. The summed E-state index contributed by atoms with van der Waals surface area (Å²) >= 11 is 0. The number of piperazine rings is 1. The Bertz CT molecular complexity index is 905. The first-order valence-corrected chi connectivity index (χ1v) is 10.9. The normalized spacial score (nSPS) is 19.7. The molecule has 164 valence electrons. The molecule has 0 radical (unpaired) electrons. The van der Waals surface area contributed by atoms with E-state index in [0.717, 1.165) is 49.8 Å². The van der Waals surface area contributed by atoms with Gasteiger partial charge in [0.1, 0.15) is 11.5 Å². The minimum Gasteiger partial charge on any atom is -0.497 e. The third-order valence-corrected chi connectivity index (χ3v) is 6.05. The minimum atomic E-state index is -0.304. The van der Waals surface area contributed by atoms with Crippen LogP contribution in [0.4, 0.5) is 11.4 Å². The molecule has 2 aliphatic heterocycles. The number of methoxy groups -OCH3 is 1. The van der Waals surface area contributed by atoms with Gasteiger partial charge in [0.15, 0.2) is 6.04 Å². The van der Waals surface area contributed by atoms with Crippen LogP contribution in [0, 0.1) is 0 Å². The predicted octanol–water partition coefficient (Wildman–Crippen LogP) is 1.52. The van der Waals surface area contributed by atoms with Crippen LogP contribution in [0.3, 0.4) is 0 Å². The van der Waals surface area contributed by atoms with E-state index in [9.17, 15) is 9.59 Å². The zero-order valence-electron chi connectivity index (χ0n) is 18.2. The van der Waals surface area contributed by atoms with Crippen LogP contribution in [-0.2, 0) is 9.59 Å². The van der Waals surface area contributed by atoms with Crippen molar-refractivity contribution in [2.45, 2.75) is 25.8 Å². The number of amides is 2. The molecule has 1 atom stereocenters. The Morgan fingerprint density at radius 2 is 1.55 bits per heavy atom. The van der Waals surface area contributed by atoms with Crippen LogP contribution < -0.4 is 24.2 Å². The third kappa shape index (κ3) is 4.51. The highest BCUT2D eigenvalue weighted by Crippen LogP contribution is 2.25. The van der Waals surface area contributed by atoms with Crippen LogP contribution in [-0.4, -0.2) is 57.8 Å². The zero-order valence-corrected chi connectivity index (χ0v) is 18.2. The molecular formula is C24H30N3O4+. The quantitative estimate of drug-likeness (QED) is 0.683. The number of hydrogen-bond donors (Lipinski definition) is 1. The van der Waals surface area contributed by atoms with Crippen LogP contribution >= 0.6 is 0 Å². The molecule has 31 heavy (non-hydrogen) atoms. The van der Waals surface area contributed by atoms with Crippen molar-refractivity contribution >= 4 is 23.2 Å². The Labute approximate surface area is 183 Å². The van der Waals surface area contributed by atoms with E-state index < -0.39 is 0 Å². The maximum atomic E-state index is 13.1. The van der Waals surface area contributed by atoms with Gasteiger partial charge < -0.3 is 19.3 Å². The van der Waals surface area contributed by atoms with Crippen LogP contribution in [0.25, 0.3) is 0 Å². The van der Waals surface area contributed by atoms with Gasteiger partial charge in [-0.15, -0.1) is 0 Å². The Kier molecular flexibility index (Phi) is 6.42. The Morgan fingerprint density at radius 1 is 0.935 bits per heavy atom. The van der Waals surface area contributed by atoms with Crippen molar-refractivity contribution in [2.75, 3.05) is 49.7 Å². The lowest BCUT2D eigenvalue weighted by atomic mass is 10.1. The molecule has 1 N–H and O–H groups in total. The summed E-state index contributed by atoms with van der Waals surface area (Å²) in [6.45, 7) is 6.05. The number of hydrogen-bond acceptors (Lipinski definition) is 5. The average molecular weight is 425 g/mol. The third-order valence-electron chi connectivity index (χ3n) is 6.05. The molecule has 7 heteroatoms. The monoisotopic (exact) mass is 424 g/mol. The SMILES string of the molecule is CCCOc1ccc(N2C(=O)C[C@@H]([NH+]3CCN(c4ccc(OC)cc4)CC3)C2=O)cc1. The number of nitrogens with zero attached hydrogens (tertiary/aromatic N) is 2. The van der Waals surface area contributed by atoms with Crippen molar-refractivity contribution in [1.82, 2.24) is 0 Å². The van der Waals surface area contributed by atoms with E-state index >= 15 is 0 Å². The fourth-order valence-electron chi connectivity index (χ4n) is 4.33. The standard InChI is InChI=1S/C24H29N3O4/c1-3-16-31-21-10-6-19(7-11-21)27-23(28)17-22(24(27)29)26-14-12-25(13-15-26)18-4-8-20(30-2)9-5-18/h4-11,22H,3,12-17H2,1-2H3/p+1/t22-/m1/s1. The van der Waals surface area contributed by atoms with Gasteiger partial charge in [0.2, 0.25) is 5.91 Å². The highest BCUT2D eigenvalue weighted by atomic mass is 16.5. The van der Waals surface area contributed by atoms with Gasteiger partial charge in [-0.2, -0.15) is 0 Å². The fourth-order valence-corrected chi connectivity index (χ4v) is 4.33. The van der Waals surface area contributed by atoms with Crippen molar-refractivity contribution in [3.8, 4) is 11.5 Å². The molecule has 0 spiro atoms. The van der Waals surface area contributed by atoms with Crippen molar-refractivity contribution < 1.29 is 24.0 Å². The van der Waals surface area contributed by atoms with Gasteiger partial charge in [-0.3, -0.25) is 9.59 Å². The number of imide groups is 1. The maximum Gasteiger partial charge on any atom is 0.292 e. The molecule has 2 fully saturated rings. The number of quaternary nitrogens is 1. The summed E-state index contributed by atoms with van der Waals surface area (Å²) in [5, 5.41) is 0. The number of nitrogens with one attached hydrogen (secondary N) is 1. The summed E-state index contributed by atoms with van der Waals surface area (Å²) < 4.78 is 10.8. The first kappa shape index (κ1) is 21.2. The molecule has 0 aromatic heterocycles. The smallest absolute Gasteiger partial charge is 0.292 e. The molecule has 2 aromatic carbocycles. The van der Waals surface area contributed by atoms with Crippen LogP contribution in [0.1, 0.15) is 19.8 Å². The lowest BCUT2D eigenvalue weighted by Gasteiger charge is -2.35. The molecule has 2 aromatic rings. The van der Waals surface area contributed by atoms with Crippen LogP contribution in [0.2, 0.25) is 0 Å². The largest absolute Gasteiger partial charge is 0.497 e. The van der Waals surface area contributed by atoms with Crippen molar-refractivity contribution in [3.63, 3.8) is 0 Å². The molecule has 0 bridgehead atoms. The predicted molar refractivity (Wildman–Crippen MR) is 119 cm³/mol. The highest BCUT2D eigenvalue weighted by Gasteiger charge is 2.46. The highest BCUT2D eigenvalue weighted by molar-refractivity contribution is 6.21. The second-order valence-electron chi connectivity index (χ2n) is 8.01. The fraction of sp³-hybridized carbons (Fsp3) is 0.417. The average Bonchev–Trinajstić information content (AvgIpc) is 3.12. The molecule has 2 amide bonds. The maximum absolute atomic E-state index is 13.1. The van der Waals surface area contributed by atoms with Gasteiger partial charge >= 0.3 is 0 Å². The van der Waals surface area contributed by atoms with Crippen molar-refractivity contribution in [2.24, 2.45) is 0 Å². The van der Waals surface area contributed by atoms with Gasteiger partial charge in [0, 0.05) is 5.69 Å². The molecular weight excluding hydrogens is 394 g/mol. The summed E-state index contributed by atoms with van der Waals surface area (Å²) in [6, 6.07) is 15.0. The lowest BCUT2D eigenvalue weighted by Crippen LogP contribution is -3.19. The van der Waals surface area contributed by atoms with E-state index in [2.05, 4.69) is 24.0 Å². The van der Waals surface area contributed by atoms with Crippen molar-refractivity contribution in [1.29, 1.82) is 0 Å². The summed E-state index contributed by atoms with van der Waals surface area (Å²) in [6.07, 6.45) is 1.20. The molecule has 4 rings (SSSR count). The van der Waals surface area contributed by atoms with E-state index in [4.69, 9.17) is 9.47 Å². The van der Waals surface area contributed by atoms with Gasteiger partial charge in [-0.1, -0.05) is 6.92 Å². The Hall–Kier alpha value is -3.06. The van der Waals surface area contributed by atoms with Gasteiger partial charge in [-0.25, -0.2) is 4.90 Å². The van der Waals surface area contributed by atoms with Gasteiger partial charge in [0.25, 0.3) is 5.91 Å². The van der Waals surface area contributed by atoms with E-state index in [-0.39, 0.29) is 24.3 Å². The Morgan fingerprint density at radius 3 is 2.16 bits per heavy atom. The Balaban J connectivity index is 1.37. The number of anilines is 2. The number of rotatable bonds is 7. The van der Waals surface area contributed by atoms with Gasteiger partial charge in [0.05, 0.1) is 52.0 Å². The summed E-state index contributed by atoms with van der Waals surface area (Å²) in [5.74, 6) is 1.37. The molecule has 2 saturated heterocycles. The summed E-state index contributed by atoms with van der Waals surface area (Å²) in [4.78, 5) is 30.6. The number of ether oxygens (including phenoxy) is 2. The summed E-state index contributed by atoms with van der Waals surface area (Å²) in [5.41, 5.74) is 1.78. The van der Waals surface area contributed by atoms with E-state index in [1.807, 2.05) is 24.3 Å². The minimum absolute atomic E-state index is 0.0971. The van der Waals surface area contributed by atoms with Crippen molar-refractivity contribution in [3.05, 3.63) is 48.5 Å². The molecule has 0 unspecified atom stereocenters. The molecule has 0 saturated carbocycles. The number of benzene rings is 2. The van der Waals surface area contributed by atoms with E-state index in [1.54, 1.807) is 19.2 Å². The molecule has 2 aliphatic rings. The van der Waals surface area contributed by atoms with Crippen LogP contribution in [0.5, 0.6) is 11.5 Å².